The van der Waals surface area contributed by atoms with Gasteiger partial charge in [0, 0.05) is 6.07 Å². The van der Waals surface area contributed by atoms with Gasteiger partial charge in [0.25, 0.3) is 0 Å². The van der Waals surface area contributed by atoms with Crippen LogP contribution >= 0.6 is 0 Å². The van der Waals surface area contributed by atoms with Crippen molar-refractivity contribution in [2.45, 2.75) is 0 Å². The molecule has 4 aromatic carbocycles. The Balaban J connectivity index is 1.35. The number of fused-ring (bicyclic) bond motifs is 1. The Morgan fingerprint density at radius 1 is 0.743 bits per heavy atom. The van der Waals surface area contributed by atoms with Crippen LogP contribution in [-0.4, -0.2) is 13.1 Å². The van der Waals surface area contributed by atoms with E-state index < -0.39 is 5.97 Å². The molecule has 0 unspecified atom stereocenters. The molecule has 0 radical (unpaired) electrons. The van der Waals surface area contributed by atoms with E-state index in [1.165, 1.54) is 31.6 Å². The second kappa shape index (κ2) is 9.57. The number of ether oxygens (including phenoxy) is 3. The van der Waals surface area contributed by atoms with Crippen LogP contribution in [0.5, 0.6) is 23.0 Å². The number of benzene rings is 4. The first-order valence-corrected chi connectivity index (χ1v) is 10.9. The molecule has 0 aliphatic heterocycles. The highest BCUT2D eigenvalue weighted by molar-refractivity contribution is 5.94. The molecule has 0 amide bonds. The Kier molecular flexibility index (Phi) is 6.01. The van der Waals surface area contributed by atoms with E-state index in [-0.39, 0.29) is 22.5 Å². The largest absolute Gasteiger partial charge is 0.496 e. The summed E-state index contributed by atoms with van der Waals surface area (Å²) in [6, 6.07) is 28.7. The average molecular weight is 464 g/mol. The Morgan fingerprint density at radius 2 is 1.43 bits per heavy atom. The monoisotopic (exact) mass is 464 g/mol. The smallest absolute Gasteiger partial charge is 0.347 e. The summed E-state index contributed by atoms with van der Waals surface area (Å²) in [6.45, 7) is 0. The predicted molar refractivity (Wildman–Crippen MR) is 132 cm³/mol. The number of rotatable bonds is 6. The molecular weight excluding hydrogens is 444 g/mol. The van der Waals surface area contributed by atoms with Crippen molar-refractivity contribution in [2.75, 3.05) is 7.11 Å². The third-order valence-corrected chi connectivity index (χ3v) is 5.44. The van der Waals surface area contributed by atoms with Gasteiger partial charge in [0.05, 0.1) is 12.5 Å². The van der Waals surface area contributed by atoms with Crippen molar-refractivity contribution in [2.24, 2.45) is 0 Å². The molecular formula is C29H20O6. The normalized spacial score (nSPS) is 10.7. The Hall–Kier alpha value is -4.84. The zero-order chi connectivity index (χ0) is 24.2. The van der Waals surface area contributed by atoms with Crippen LogP contribution in [0.3, 0.4) is 0 Å². The Bertz CT molecular complexity index is 1550. The first-order valence-electron chi connectivity index (χ1n) is 10.9. The number of esters is 1. The van der Waals surface area contributed by atoms with Gasteiger partial charge in [0.2, 0.25) is 11.2 Å². The van der Waals surface area contributed by atoms with Crippen LogP contribution in [-0.2, 0) is 0 Å². The number of carbonyl (C=O) groups is 1. The predicted octanol–water partition coefficient (Wildman–Crippen LogP) is 6.48. The first-order chi connectivity index (χ1) is 17.1. The molecule has 0 spiro atoms. The van der Waals surface area contributed by atoms with Crippen molar-refractivity contribution in [3.63, 3.8) is 0 Å². The molecule has 5 aromatic rings. The molecule has 0 aliphatic rings. The summed E-state index contributed by atoms with van der Waals surface area (Å²) in [7, 11) is 1.48. The van der Waals surface area contributed by atoms with E-state index in [1.807, 2.05) is 42.5 Å². The maximum Gasteiger partial charge on any atom is 0.347 e. The van der Waals surface area contributed by atoms with E-state index in [0.717, 1.165) is 11.1 Å². The van der Waals surface area contributed by atoms with Crippen molar-refractivity contribution < 1.29 is 23.4 Å². The highest BCUT2D eigenvalue weighted by atomic mass is 16.5. The summed E-state index contributed by atoms with van der Waals surface area (Å²) in [4.78, 5) is 25.5. The number of hydrogen-bond donors (Lipinski definition) is 0. The molecule has 0 bridgehead atoms. The van der Waals surface area contributed by atoms with E-state index in [0.29, 0.717) is 22.4 Å². The fourth-order valence-corrected chi connectivity index (χ4v) is 3.67. The topological polar surface area (TPSA) is 75.0 Å². The minimum atomic E-state index is -0.581. The maximum absolute atomic E-state index is 13.0. The quantitative estimate of drug-likeness (QED) is 0.211. The van der Waals surface area contributed by atoms with Crippen LogP contribution in [0.4, 0.5) is 0 Å². The number of methoxy groups -OCH3 is 1. The summed E-state index contributed by atoms with van der Waals surface area (Å²) in [5, 5.41) is 0.306. The fourth-order valence-electron chi connectivity index (χ4n) is 3.67. The lowest BCUT2D eigenvalue weighted by molar-refractivity contribution is 0.0731. The van der Waals surface area contributed by atoms with Crippen molar-refractivity contribution in [3.05, 3.63) is 119 Å². The van der Waals surface area contributed by atoms with Gasteiger partial charge in [-0.05, 0) is 47.5 Å². The second-order valence-electron chi connectivity index (χ2n) is 7.67. The van der Waals surface area contributed by atoms with E-state index >= 15 is 0 Å². The summed E-state index contributed by atoms with van der Waals surface area (Å²) in [5.74, 6) is 0.635. The molecule has 0 atom stereocenters. The van der Waals surface area contributed by atoms with Gasteiger partial charge in [-0.15, -0.1) is 0 Å². The number of carbonyl (C=O) groups excluding carboxylic acids is 1. The SMILES string of the molecule is COc1ccccc1C(=O)Oc1ccc2c(=O)c(Oc3ccc(-c4ccccc4)cc3)coc2c1. The molecule has 172 valence electrons. The van der Waals surface area contributed by atoms with E-state index in [1.54, 1.807) is 36.4 Å². The summed E-state index contributed by atoms with van der Waals surface area (Å²) in [6.07, 6.45) is 1.25. The lowest BCUT2D eigenvalue weighted by Crippen LogP contribution is -2.10. The summed E-state index contributed by atoms with van der Waals surface area (Å²) < 4.78 is 22.1. The van der Waals surface area contributed by atoms with Crippen molar-refractivity contribution in [1.29, 1.82) is 0 Å². The van der Waals surface area contributed by atoms with Crippen LogP contribution in [0, 0.1) is 0 Å². The Labute approximate surface area is 200 Å². The standard InChI is InChI=1S/C29H20O6/c1-32-25-10-6-5-9-24(25)29(31)35-22-15-16-23-26(17-22)33-18-27(28(23)30)34-21-13-11-20(12-14-21)19-7-3-2-4-8-19/h2-18H,1H3. The summed E-state index contributed by atoms with van der Waals surface area (Å²) >= 11 is 0. The van der Waals surface area contributed by atoms with Gasteiger partial charge in [0.1, 0.15) is 34.7 Å². The van der Waals surface area contributed by atoms with E-state index in [9.17, 15) is 9.59 Å². The van der Waals surface area contributed by atoms with Crippen LogP contribution in [0.1, 0.15) is 10.4 Å². The third-order valence-electron chi connectivity index (χ3n) is 5.44. The molecule has 6 heteroatoms. The number of para-hydroxylation sites is 1. The zero-order valence-electron chi connectivity index (χ0n) is 18.8. The van der Waals surface area contributed by atoms with Crippen molar-refractivity contribution in [3.8, 4) is 34.1 Å². The van der Waals surface area contributed by atoms with Gasteiger partial charge in [-0.1, -0.05) is 54.6 Å². The number of hydrogen-bond acceptors (Lipinski definition) is 6. The molecule has 1 heterocycles. The molecule has 1 aromatic heterocycles. The van der Waals surface area contributed by atoms with Gasteiger partial charge in [0.15, 0.2) is 0 Å². The third kappa shape index (κ3) is 4.63. The molecule has 0 N–H and O–H groups in total. The zero-order valence-corrected chi connectivity index (χ0v) is 18.8. The van der Waals surface area contributed by atoms with E-state index in [4.69, 9.17) is 18.6 Å². The van der Waals surface area contributed by atoms with Gasteiger partial charge < -0.3 is 18.6 Å². The molecule has 0 saturated heterocycles. The maximum atomic E-state index is 13.0. The second-order valence-corrected chi connectivity index (χ2v) is 7.67. The fraction of sp³-hybridized carbons (Fsp3) is 0.0345. The molecule has 0 fully saturated rings. The van der Waals surface area contributed by atoms with Crippen molar-refractivity contribution in [1.82, 2.24) is 0 Å². The van der Waals surface area contributed by atoms with Crippen LogP contribution < -0.4 is 19.6 Å². The summed E-state index contributed by atoms with van der Waals surface area (Å²) in [5.41, 5.74) is 2.36. The molecule has 35 heavy (non-hydrogen) atoms. The van der Waals surface area contributed by atoms with Crippen LogP contribution in [0.2, 0.25) is 0 Å². The highest BCUT2D eigenvalue weighted by Gasteiger charge is 2.16. The highest BCUT2D eigenvalue weighted by Crippen LogP contribution is 2.27. The van der Waals surface area contributed by atoms with Crippen molar-refractivity contribution >= 4 is 16.9 Å². The minimum absolute atomic E-state index is 0.0590. The van der Waals surface area contributed by atoms with Crippen LogP contribution in [0.15, 0.2) is 113 Å². The lowest BCUT2D eigenvalue weighted by atomic mass is 10.1. The molecule has 6 nitrogen and oxygen atoms in total. The molecule has 0 aliphatic carbocycles. The lowest BCUT2D eigenvalue weighted by Gasteiger charge is -2.09. The van der Waals surface area contributed by atoms with E-state index in [2.05, 4.69) is 0 Å². The van der Waals surface area contributed by atoms with Gasteiger partial charge in [-0.25, -0.2) is 4.79 Å². The molecule has 5 rings (SSSR count). The average Bonchev–Trinajstić information content (AvgIpc) is 2.91. The van der Waals surface area contributed by atoms with Crippen LogP contribution in [0.25, 0.3) is 22.1 Å². The van der Waals surface area contributed by atoms with Gasteiger partial charge in [-0.2, -0.15) is 0 Å². The Morgan fingerprint density at radius 3 is 2.20 bits per heavy atom. The van der Waals surface area contributed by atoms with Gasteiger partial charge >= 0.3 is 5.97 Å². The first kappa shape index (κ1) is 22.0. The molecule has 0 saturated carbocycles. The van der Waals surface area contributed by atoms with Gasteiger partial charge in [-0.3, -0.25) is 4.79 Å². The minimum Gasteiger partial charge on any atom is -0.496 e.